The van der Waals surface area contributed by atoms with Crippen molar-refractivity contribution in [2.24, 2.45) is 5.92 Å². The van der Waals surface area contributed by atoms with Crippen LogP contribution in [0.5, 0.6) is 0 Å². The van der Waals surface area contributed by atoms with Crippen LogP contribution in [0.2, 0.25) is 0 Å². The first-order valence-electron chi connectivity index (χ1n) is 7.44. The molecule has 0 aromatic carbocycles. The van der Waals surface area contributed by atoms with Crippen molar-refractivity contribution >= 4 is 5.91 Å². The average molecular weight is 276 g/mol. The van der Waals surface area contributed by atoms with Gasteiger partial charge in [-0.25, -0.2) is 0 Å². The maximum absolute atomic E-state index is 12.1. The van der Waals surface area contributed by atoms with Crippen LogP contribution in [0.1, 0.15) is 18.4 Å². The Balaban J connectivity index is 1.44. The molecule has 1 aromatic rings. The normalized spacial score (nSPS) is 30.8. The zero-order chi connectivity index (χ0) is 13.5. The lowest BCUT2D eigenvalue weighted by molar-refractivity contribution is -0.153. The largest absolute Gasteiger partial charge is 0.472 e. The predicted molar refractivity (Wildman–Crippen MR) is 72.0 cm³/mol. The summed E-state index contributed by atoms with van der Waals surface area (Å²) in [5.41, 5.74) is 1.18. The lowest BCUT2D eigenvalue weighted by Gasteiger charge is -2.36. The van der Waals surface area contributed by atoms with E-state index in [1.165, 1.54) is 18.4 Å². The molecule has 0 bridgehead atoms. The van der Waals surface area contributed by atoms with Gasteiger partial charge in [-0.05, 0) is 24.8 Å². The van der Waals surface area contributed by atoms with Crippen molar-refractivity contribution in [3.8, 4) is 0 Å². The maximum atomic E-state index is 12.1. The first-order valence-corrected chi connectivity index (χ1v) is 7.44. The minimum atomic E-state index is 0.170. The van der Waals surface area contributed by atoms with Gasteiger partial charge >= 0.3 is 0 Å². The number of hydrogen-bond donors (Lipinski definition) is 0. The number of ether oxygens (including phenoxy) is 1. The summed E-state index contributed by atoms with van der Waals surface area (Å²) in [6.45, 7) is 3.88. The Morgan fingerprint density at radius 2 is 2.20 bits per heavy atom. The molecule has 2 saturated heterocycles. The van der Waals surface area contributed by atoms with E-state index in [9.17, 15) is 4.79 Å². The summed E-state index contributed by atoms with van der Waals surface area (Å²) in [6, 6.07) is 2.24. The van der Waals surface area contributed by atoms with Gasteiger partial charge in [-0.3, -0.25) is 9.69 Å². The molecule has 0 radical (unpaired) electrons. The molecule has 3 fully saturated rings. The summed E-state index contributed by atoms with van der Waals surface area (Å²) in [5, 5.41) is 0. The molecular weight excluding hydrogens is 256 g/mol. The van der Waals surface area contributed by atoms with Crippen LogP contribution in [-0.2, 0) is 16.1 Å². The van der Waals surface area contributed by atoms with Crippen molar-refractivity contribution in [2.75, 3.05) is 26.2 Å². The Morgan fingerprint density at radius 3 is 2.95 bits per heavy atom. The summed E-state index contributed by atoms with van der Waals surface area (Å²) in [4.78, 5) is 16.5. The van der Waals surface area contributed by atoms with Crippen LogP contribution in [-0.4, -0.2) is 54.1 Å². The standard InChI is InChI=1S/C15H20N2O3/c18-15-10-20-14-8-16(5-12-3-4-19-9-12)7-13(14)17(15)6-11-1-2-11/h3-4,9,11,13-14H,1-2,5-8,10H2/t13-,14-/m1/s1. The van der Waals surface area contributed by atoms with Crippen LogP contribution in [0.3, 0.4) is 0 Å². The van der Waals surface area contributed by atoms with E-state index in [-0.39, 0.29) is 24.7 Å². The minimum Gasteiger partial charge on any atom is -0.472 e. The van der Waals surface area contributed by atoms with Gasteiger partial charge in [0.2, 0.25) is 5.91 Å². The Morgan fingerprint density at radius 1 is 1.30 bits per heavy atom. The monoisotopic (exact) mass is 276 g/mol. The molecular formula is C15H20N2O3. The number of furan rings is 1. The molecule has 1 aliphatic carbocycles. The number of morpholine rings is 1. The van der Waals surface area contributed by atoms with E-state index in [0.717, 1.165) is 32.1 Å². The predicted octanol–water partition coefficient (Wildman–Crippen LogP) is 1.10. The van der Waals surface area contributed by atoms with Gasteiger partial charge in [-0.1, -0.05) is 0 Å². The van der Waals surface area contributed by atoms with Gasteiger partial charge < -0.3 is 14.1 Å². The highest BCUT2D eigenvalue weighted by Gasteiger charge is 2.44. The van der Waals surface area contributed by atoms with Gasteiger partial charge in [-0.15, -0.1) is 0 Å². The van der Waals surface area contributed by atoms with Crippen molar-refractivity contribution in [1.29, 1.82) is 0 Å². The smallest absolute Gasteiger partial charge is 0.248 e. The fraction of sp³-hybridized carbons (Fsp3) is 0.667. The van der Waals surface area contributed by atoms with Gasteiger partial charge in [0.05, 0.1) is 24.7 Å². The number of hydrogen-bond acceptors (Lipinski definition) is 4. The third-order valence-corrected chi connectivity index (χ3v) is 4.59. The van der Waals surface area contributed by atoms with Gasteiger partial charge in [-0.2, -0.15) is 0 Å². The summed E-state index contributed by atoms with van der Waals surface area (Å²) in [6.07, 6.45) is 6.23. The zero-order valence-electron chi connectivity index (χ0n) is 11.5. The Bertz CT molecular complexity index is 483. The highest BCUT2D eigenvalue weighted by molar-refractivity contribution is 5.78. The van der Waals surface area contributed by atoms with Crippen LogP contribution >= 0.6 is 0 Å². The highest BCUT2D eigenvalue weighted by atomic mass is 16.5. The second-order valence-corrected chi connectivity index (χ2v) is 6.23. The van der Waals surface area contributed by atoms with E-state index in [1.54, 1.807) is 12.5 Å². The second kappa shape index (κ2) is 4.90. The molecule has 108 valence electrons. The molecule has 0 spiro atoms. The molecule has 4 rings (SSSR count). The van der Waals surface area contributed by atoms with Crippen molar-refractivity contribution < 1.29 is 13.9 Å². The fourth-order valence-electron chi connectivity index (χ4n) is 3.33. The molecule has 0 unspecified atom stereocenters. The van der Waals surface area contributed by atoms with Gasteiger partial charge in [0.15, 0.2) is 0 Å². The van der Waals surface area contributed by atoms with Crippen molar-refractivity contribution in [1.82, 2.24) is 9.80 Å². The van der Waals surface area contributed by atoms with E-state index < -0.39 is 0 Å². The van der Waals surface area contributed by atoms with Crippen LogP contribution < -0.4 is 0 Å². The Hall–Kier alpha value is -1.33. The number of rotatable bonds is 4. The van der Waals surface area contributed by atoms with Crippen molar-refractivity contribution in [3.63, 3.8) is 0 Å². The highest BCUT2D eigenvalue weighted by Crippen LogP contribution is 2.33. The molecule has 3 heterocycles. The van der Waals surface area contributed by atoms with Gasteiger partial charge in [0.25, 0.3) is 0 Å². The number of carbonyl (C=O) groups excluding carboxylic acids is 1. The number of fused-ring (bicyclic) bond motifs is 1. The van der Waals surface area contributed by atoms with Crippen molar-refractivity contribution in [2.45, 2.75) is 31.5 Å². The van der Waals surface area contributed by atoms with Gasteiger partial charge in [0, 0.05) is 31.7 Å². The van der Waals surface area contributed by atoms with E-state index in [4.69, 9.17) is 9.15 Å². The molecule has 5 nitrogen and oxygen atoms in total. The molecule has 3 aliphatic rings. The van der Waals surface area contributed by atoms with E-state index >= 15 is 0 Å². The molecule has 1 saturated carbocycles. The van der Waals surface area contributed by atoms with Gasteiger partial charge in [0.1, 0.15) is 6.61 Å². The van der Waals surface area contributed by atoms with Crippen LogP contribution in [0.15, 0.2) is 23.0 Å². The van der Waals surface area contributed by atoms with Crippen molar-refractivity contribution in [3.05, 3.63) is 24.2 Å². The lowest BCUT2D eigenvalue weighted by Crippen LogP contribution is -2.54. The molecule has 2 aliphatic heterocycles. The molecule has 0 N–H and O–H groups in total. The topological polar surface area (TPSA) is 45.9 Å². The number of nitrogens with zero attached hydrogens (tertiary/aromatic N) is 2. The second-order valence-electron chi connectivity index (χ2n) is 6.23. The molecule has 1 aromatic heterocycles. The number of carbonyl (C=O) groups is 1. The molecule has 2 atom stereocenters. The first kappa shape index (κ1) is 12.4. The maximum Gasteiger partial charge on any atom is 0.248 e. The van der Waals surface area contributed by atoms with Crippen LogP contribution in [0.25, 0.3) is 0 Å². The zero-order valence-corrected chi connectivity index (χ0v) is 11.5. The lowest BCUT2D eigenvalue weighted by atomic mass is 10.1. The Kier molecular flexibility index (Phi) is 3.04. The quantitative estimate of drug-likeness (QED) is 0.826. The third-order valence-electron chi connectivity index (χ3n) is 4.59. The van der Waals surface area contributed by atoms with E-state index in [2.05, 4.69) is 9.80 Å². The van der Waals surface area contributed by atoms with E-state index in [0.29, 0.717) is 0 Å². The first-order chi connectivity index (χ1) is 9.79. The summed E-state index contributed by atoms with van der Waals surface area (Å²) in [7, 11) is 0. The third kappa shape index (κ3) is 2.36. The molecule has 20 heavy (non-hydrogen) atoms. The average Bonchev–Trinajstić information content (AvgIpc) is 2.95. The Labute approximate surface area is 118 Å². The SMILES string of the molecule is O=C1CO[C@@H]2CN(Cc3ccoc3)C[C@H]2N1CC1CC1. The van der Waals surface area contributed by atoms with Crippen LogP contribution in [0, 0.1) is 5.92 Å². The molecule has 5 heteroatoms. The summed E-state index contributed by atoms with van der Waals surface area (Å²) in [5.74, 6) is 0.906. The number of amides is 1. The molecule has 1 amide bonds. The van der Waals surface area contributed by atoms with E-state index in [1.807, 2.05) is 6.07 Å². The van der Waals surface area contributed by atoms with Crippen LogP contribution in [0.4, 0.5) is 0 Å². The summed E-state index contributed by atoms with van der Waals surface area (Å²) >= 11 is 0. The minimum absolute atomic E-state index is 0.170. The summed E-state index contributed by atoms with van der Waals surface area (Å²) < 4.78 is 10.9. The fourth-order valence-corrected chi connectivity index (χ4v) is 3.33. The number of likely N-dealkylation sites (tertiary alicyclic amines) is 1.